The molecule has 0 radical (unpaired) electrons. The molecule has 0 fully saturated rings. The molecule has 1 rings (SSSR count). The summed E-state index contributed by atoms with van der Waals surface area (Å²) in [5.41, 5.74) is 1.21. The van der Waals surface area contributed by atoms with E-state index in [0.717, 1.165) is 0 Å². The molecule has 1 aromatic carbocycles. The minimum absolute atomic E-state index is 0.0238. The van der Waals surface area contributed by atoms with Crippen molar-refractivity contribution >= 4 is 17.4 Å². The highest BCUT2D eigenvalue weighted by atomic mass is 16.5. The molecule has 0 aliphatic carbocycles. The molecule has 5 nitrogen and oxygen atoms in total. The van der Waals surface area contributed by atoms with Gasteiger partial charge in [-0.05, 0) is 19.1 Å². The van der Waals surface area contributed by atoms with Crippen LogP contribution < -0.4 is 10.6 Å². The Labute approximate surface area is 107 Å². The van der Waals surface area contributed by atoms with Crippen molar-refractivity contribution in [3.8, 4) is 0 Å². The molecule has 0 aliphatic rings. The Hall–Kier alpha value is -1.72. The van der Waals surface area contributed by atoms with Gasteiger partial charge in [-0.15, -0.1) is 0 Å². The Balaban J connectivity index is 2.44. The van der Waals surface area contributed by atoms with Gasteiger partial charge in [-0.25, -0.2) is 0 Å². The second-order valence-corrected chi connectivity index (χ2v) is 3.85. The minimum Gasteiger partial charge on any atom is -0.383 e. The maximum absolute atomic E-state index is 11.6. The number of carbonyl (C=O) groups is 2. The van der Waals surface area contributed by atoms with Gasteiger partial charge in [0.1, 0.15) is 0 Å². The van der Waals surface area contributed by atoms with Gasteiger partial charge in [0.05, 0.1) is 13.2 Å². The maximum Gasteiger partial charge on any atom is 0.238 e. The van der Waals surface area contributed by atoms with E-state index in [1.54, 1.807) is 31.4 Å². The van der Waals surface area contributed by atoms with Crippen LogP contribution >= 0.6 is 0 Å². The maximum atomic E-state index is 11.6. The van der Waals surface area contributed by atoms with Crippen molar-refractivity contribution < 1.29 is 14.3 Å². The van der Waals surface area contributed by atoms with Crippen molar-refractivity contribution in [2.75, 3.05) is 32.1 Å². The van der Waals surface area contributed by atoms with Gasteiger partial charge in [-0.2, -0.15) is 0 Å². The van der Waals surface area contributed by atoms with Gasteiger partial charge in [-0.3, -0.25) is 9.59 Å². The van der Waals surface area contributed by atoms with Crippen molar-refractivity contribution in [3.63, 3.8) is 0 Å². The van der Waals surface area contributed by atoms with Gasteiger partial charge < -0.3 is 15.4 Å². The predicted octanol–water partition coefficient (Wildman–Crippen LogP) is 1.06. The highest BCUT2D eigenvalue weighted by Crippen LogP contribution is 2.10. The van der Waals surface area contributed by atoms with Crippen LogP contribution in [0, 0.1) is 0 Å². The predicted molar refractivity (Wildman–Crippen MR) is 69.8 cm³/mol. The van der Waals surface area contributed by atoms with Crippen LogP contribution in [-0.2, 0) is 9.53 Å². The molecule has 1 amide bonds. The fourth-order valence-corrected chi connectivity index (χ4v) is 1.40. The van der Waals surface area contributed by atoms with Crippen LogP contribution in [0.1, 0.15) is 17.3 Å². The van der Waals surface area contributed by atoms with Gasteiger partial charge in [0, 0.05) is 24.9 Å². The van der Waals surface area contributed by atoms with Crippen LogP contribution in [0.25, 0.3) is 0 Å². The molecular formula is C13H18N2O3. The molecule has 0 aromatic heterocycles. The quantitative estimate of drug-likeness (QED) is 0.561. The van der Waals surface area contributed by atoms with Crippen molar-refractivity contribution in [1.82, 2.24) is 5.32 Å². The number of nitrogens with one attached hydrogen (secondary N) is 2. The van der Waals surface area contributed by atoms with E-state index in [9.17, 15) is 9.59 Å². The molecule has 0 aliphatic heterocycles. The molecule has 18 heavy (non-hydrogen) atoms. The molecule has 0 unspecified atom stereocenters. The summed E-state index contributed by atoms with van der Waals surface area (Å²) in [4.78, 5) is 22.7. The first-order valence-corrected chi connectivity index (χ1v) is 5.74. The lowest BCUT2D eigenvalue weighted by atomic mass is 10.1. The third kappa shape index (κ3) is 5.07. The van der Waals surface area contributed by atoms with E-state index in [-0.39, 0.29) is 18.2 Å². The van der Waals surface area contributed by atoms with Crippen molar-refractivity contribution in [1.29, 1.82) is 0 Å². The lowest BCUT2D eigenvalue weighted by Gasteiger charge is -2.07. The first-order chi connectivity index (χ1) is 8.63. The molecule has 0 bridgehead atoms. The first-order valence-electron chi connectivity index (χ1n) is 5.74. The molecular weight excluding hydrogens is 232 g/mol. The second kappa shape index (κ2) is 7.58. The molecule has 98 valence electrons. The van der Waals surface area contributed by atoms with Crippen LogP contribution in [-0.4, -0.2) is 38.5 Å². The standard InChI is InChI=1S/C13H18N2O3/c1-10(16)11-4-3-5-12(8-11)15-13(17)9-14-6-7-18-2/h3-5,8,14H,6-7,9H2,1-2H3,(H,15,17). The third-order valence-corrected chi connectivity index (χ3v) is 2.32. The number of Topliss-reactive ketones (excluding diaryl/α,β-unsaturated/α-hetero) is 1. The Morgan fingerprint density at radius 2 is 2.11 bits per heavy atom. The average molecular weight is 250 g/mol. The monoisotopic (exact) mass is 250 g/mol. The molecule has 1 aromatic rings. The van der Waals surface area contributed by atoms with Crippen molar-refractivity contribution in [2.24, 2.45) is 0 Å². The van der Waals surface area contributed by atoms with Crippen LogP contribution in [0.2, 0.25) is 0 Å². The topological polar surface area (TPSA) is 67.4 Å². The lowest BCUT2D eigenvalue weighted by molar-refractivity contribution is -0.115. The summed E-state index contributed by atoms with van der Waals surface area (Å²) in [6.07, 6.45) is 0. The van der Waals surface area contributed by atoms with Crippen LogP contribution in [0.4, 0.5) is 5.69 Å². The molecule has 5 heteroatoms. The average Bonchev–Trinajstić information content (AvgIpc) is 2.35. The lowest BCUT2D eigenvalue weighted by Crippen LogP contribution is -2.30. The Bertz CT molecular complexity index is 418. The normalized spacial score (nSPS) is 10.1. The Morgan fingerprint density at radius 1 is 1.33 bits per heavy atom. The number of carbonyl (C=O) groups excluding carboxylic acids is 2. The van der Waals surface area contributed by atoms with Gasteiger partial charge in [0.2, 0.25) is 5.91 Å². The number of anilines is 1. The summed E-state index contributed by atoms with van der Waals surface area (Å²) in [5, 5.41) is 5.66. The van der Waals surface area contributed by atoms with Gasteiger partial charge in [0.25, 0.3) is 0 Å². The molecule has 0 saturated carbocycles. The Kier molecular flexibility index (Phi) is 6.04. The zero-order chi connectivity index (χ0) is 13.4. The number of methoxy groups -OCH3 is 1. The van der Waals surface area contributed by atoms with E-state index in [4.69, 9.17) is 4.74 Å². The second-order valence-electron chi connectivity index (χ2n) is 3.85. The van der Waals surface area contributed by atoms with Crippen molar-refractivity contribution in [2.45, 2.75) is 6.92 Å². The van der Waals surface area contributed by atoms with Crippen LogP contribution in [0.3, 0.4) is 0 Å². The smallest absolute Gasteiger partial charge is 0.238 e. The SMILES string of the molecule is COCCNCC(=O)Nc1cccc(C(C)=O)c1. The summed E-state index contributed by atoms with van der Waals surface area (Å²) in [7, 11) is 1.61. The number of rotatable bonds is 7. The van der Waals surface area contributed by atoms with Crippen molar-refractivity contribution in [3.05, 3.63) is 29.8 Å². The minimum atomic E-state index is -0.146. The summed E-state index contributed by atoms with van der Waals surface area (Å²) >= 11 is 0. The van der Waals surface area contributed by atoms with E-state index in [0.29, 0.717) is 24.4 Å². The fraction of sp³-hybridized carbons (Fsp3) is 0.385. The van der Waals surface area contributed by atoms with Gasteiger partial charge >= 0.3 is 0 Å². The number of hydrogen-bond donors (Lipinski definition) is 2. The van der Waals surface area contributed by atoms with Crippen LogP contribution in [0.5, 0.6) is 0 Å². The summed E-state index contributed by atoms with van der Waals surface area (Å²) in [6.45, 7) is 2.89. The highest BCUT2D eigenvalue weighted by molar-refractivity contribution is 5.97. The first kappa shape index (κ1) is 14.3. The molecule has 0 saturated heterocycles. The number of hydrogen-bond acceptors (Lipinski definition) is 4. The molecule has 2 N–H and O–H groups in total. The van der Waals surface area contributed by atoms with E-state index >= 15 is 0 Å². The third-order valence-electron chi connectivity index (χ3n) is 2.32. The number of amides is 1. The molecule has 0 atom stereocenters. The fourth-order valence-electron chi connectivity index (χ4n) is 1.40. The van der Waals surface area contributed by atoms with E-state index in [1.807, 2.05) is 0 Å². The zero-order valence-corrected chi connectivity index (χ0v) is 10.7. The molecule has 0 spiro atoms. The summed E-state index contributed by atoms with van der Waals surface area (Å²) in [6, 6.07) is 6.87. The number of ether oxygens (including phenoxy) is 1. The number of ketones is 1. The van der Waals surface area contributed by atoms with Crippen LogP contribution in [0.15, 0.2) is 24.3 Å². The van der Waals surface area contributed by atoms with E-state index in [1.165, 1.54) is 6.92 Å². The van der Waals surface area contributed by atoms with Gasteiger partial charge in [-0.1, -0.05) is 12.1 Å². The zero-order valence-electron chi connectivity index (χ0n) is 10.7. The Morgan fingerprint density at radius 3 is 2.78 bits per heavy atom. The highest BCUT2D eigenvalue weighted by Gasteiger charge is 2.04. The summed E-state index contributed by atoms with van der Waals surface area (Å²) < 4.78 is 4.85. The number of benzene rings is 1. The van der Waals surface area contributed by atoms with Gasteiger partial charge in [0.15, 0.2) is 5.78 Å². The van der Waals surface area contributed by atoms with E-state index in [2.05, 4.69) is 10.6 Å². The summed E-state index contributed by atoms with van der Waals surface area (Å²) in [5.74, 6) is -0.170. The van der Waals surface area contributed by atoms with E-state index < -0.39 is 0 Å². The molecule has 0 heterocycles. The largest absolute Gasteiger partial charge is 0.383 e.